The molecule has 5 nitrogen and oxygen atoms in total. The predicted molar refractivity (Wildman–Crippen MR) is 76.8 cm³/mol. The van der Waals surface area contributed by atoms with Gasteiger partial charge in [-0.15, -0.1) is 0 Å². The third-order valence-electron chi connectivity index (χ3n) is 3.60. The van der Waals surface area contributed by atoms with Crippen molar-refractivity contribution in [1.29, 1.82) is 0 Å². The van der Waals surface area contributed by atoms with Gasteiger partial charge in [-0.05, 0) is 23.8 Å². The average molecular weight is 264 g/mol. The van der Waals surface area contributed by atoms with Gasteiger partial charge in [0.1, 0.15) is 5.69 Å². The highest BCUT2D eigenvalue weighted by Gasteiger charge is 2.27. The summed E-state index contributed by atoms with van der Waals surface area (Å²) >= 11 is 0. The molecule has 20 heavy (non-hydrogen) atoms. The number of nitrogen functional groups attached to an aromatic ring is 2. The largest absolute Gasteiger partial charge is 0.463 e. The van der Waals surface area contributed by atoms with Crippen molar-refractivity contribution in [2.24, 2.45) is 0 Å². The number of rotatable bonds is 1. The lowest BCUT2D eigenvalue weighted by Crippen LogP contribution is -2.01. The second-order valence-corrected chi connectivity index (χ2v) is 4.79. The third-order valence-corrected chi connectivity index (χ3v) is 3.60. The van der Waals surface area contributed by atoms with Crippen molar-refractivity contribution in [2.75, 3.05) is 11.5 Å². The zero-order valence-electron chi connectivity index (χ0n) is 10.6. The first-order valence-electron chi connectivity index (χ1n) is 6.32. The Labute approximate surface area is 115 Å². The SMILES string of the molecule is Nc1nc(-c2ccco2)c2c(n1)-c1cccc(N)c1C2. The monoisotopic (exact) mass is 264 g/mol. The third kappa shape index (κ3) is 1.43. The van der Waals surface area contributed by atoms with Gasteiger partial charge in [-0.3, -0.25) is 0 Å². The summed E-state index contributed by atoms with van der Waals surface area (Å²) in [6.07, 6.45) is 2.32. The molecule has 98 valence electrons. The number of furan rings is 1. The molecule has 0 aliphatic heterocycles. The Hall–Kier alpha value is -2.82. The van der Waals surface area contributed by atoms with Gasteiger partial charge in [-0.1, -0.05) is 12.1 Å². The minimum Gasteiger partial charge on any atom is -0.463 e. The fourth-order valence-corrected chi connectivity index (χ4v) is 2.71. The predicted octanol–water partition coefficient (Wildman–Crippen LogP) is 2.47. The van der Waals surface area contributed by atoms with Gasteiger partial charge in [0, 0.05) is 23.2 Å². The topological polar surface area (TPSA) is 91.0 Å². The van der Waals surface area contributed by atoms with Gasteiger partial charge in [0.05, 0.1) is 12.0 Å². The van der Waals surface area contributed by atoms with E-state index in [9.17, 15) is 0 Å². The molecule has 3 aromatic rings. The van der Waals surface area contributed by atoms with Gasteiger partial charge < -0.3 is 15.9 Å². The molecular weight excluding hydrogens is 252 g/mol. The number of anilines is 2. The van der Waals surface area contributed by atoms with E-state index in [2.05, 4.69) is 9.97 Å². The molecule has 4 rings (SSSR count). The Bertz CT molecular complexity index is 809. The molecule has 0 spiro atoms. The molecule has 4 N–H and O–H groups in total. The van der Waals surface area contributed by atoms with Gasteiger partial charge in [-0.25, -0.2) is 9.97 Å². The van der Waals surface area contributed by atoms with E-state index in [-0.39, 0.29) is 5.95 Å². The van der Waals surface area contributed by atoms with Crippen molar-refractivity contribution < 1.29 is 4.42 Å². The Kier molecular flexibility index (Phi) is 2.12. The molecule has 2 aromatic heterocycles. The summed E-state index contributed by atoms with van der Waals surface area (Å²) in [6.45, 7) is 0. The van der Waals surface area contributed by atoms with Crippen LogP contribution in [0.15, 0.2) is 41.0 Å². The van der Waals surface area contributed by atoms with Crippen LogP contribution in [0.25, 0.3) is 22.7 Å². The molecule has 1 aromatic carbocycles. The van der Waals surface area contributed by atoms with E-state index in [0.717, 1.165) is 33.8 Å². The Morgan fingerprint density at radius 3 is 2.60 bits per heavy atom. The van der Waals surface area contributed by atoms with E-state index < -0.39 is 0 Å². The molecule has 0 saturated carbocycles. The lowest BCUT2D eigenvalue weighted by Gasteiger charge is -2.05. The molecule has 0 bridgehead atoms. The molecule has 0 saturated heterocycles. The summed E-state index contributed by atoms with van der Waals surface area (Å²) in [5.74, 6) is 0.937. The number of nitrogens with two attached hydrogens (primary N) is 2. The van der Waals surface area contributed by atoms with Crippen molar-refractivity contribution >= 4 is 11.6 Å². The van der Waals surface area contributed by atoms with Gasteiger partial charge >= 0.3 is 0 Å². The van der Waals surface area contributed by atoms with Crippen LogP contribution in [0.2, 0.25) is 0 Å². The van der Waals surface area contributed by atoms with Gasteiger partial charge in [0.2, 0.25) is 5.95 Å². The first-order valence-corrected chi connectivity index (χ1v) is 6.32. The Morgan fingerprint density at radius 2 is 1.80 bits per heavy atom. The van der Waals surface area contributed by atoms with E-state index in [4.69, 9.17) is 15.9 Å². The van der Waals surface area contributed by atoms with E-state index in [1.54, 1.807) is 6.26 Å². The van der Waals surface area contributed by atoms with Gasteiger partial charge in [0.15, 0.2) is 5.76 Å². The zero-order valence-corrected chi connectivity index (χ0v) is 10.6. The smallest absolute Gasteiger partial charge is 0.221 e. The van der Waals surface area contributed by atoms with Gasteiger partial charge in [0.25, 0.3) is 0 Å². The Morgan fingerprint density at radius 1 is 0.950 bits per heavy atom. The number of aromatic nitrogens is 2. The van der Waals surface area contributed by atoms with E-state index in [1.807, 2.05) is 30.3 Å². The first kappa shape index (κ1) is 11.0. The maximum Gasteiger partial charge on any atom is 0.221 e. The maximum atomic E-state index is 6.06. The normalized spacial score (nSPS) is 12.2. The number of fused-ring (bicyclic) bond motifs is 3. The molecule has 0 atom stereocenters. The summed E-state index contributed by atoms with van der Waals surface area (Å²) < 4.78 is 5.45. The van der Waals surface area contributed by atoms with Crippen molar-refractivity contribution in [1.82, 2.24) is 9.97 Å². The van der Waals surface area contributed by atoms with E-state index >= 15 is 0 Å². The summed E-state index contributed by atoms with van der Waals surface area (Å²) in [5, 5.41) is 0. The van der Waals surface area contributed by atoms with Crippen LogP contribution in [0.1, 0.15) is 11.1 Å². The molecule has 2 heterocycles. The van der Waals surface area contributed by atoms with Crippen LogP contribution in [-0.2, 0) is 6.42 Å². The molecule has 1 aliphatic rings. The standard InChI is InChI=1S/C15H12N4O/c16-11-4-1-3-8-9(11)7-10-13(8)18-15(17)19-14(10)12-5-2-6-20-12/h1-6H,7,16H2,(H2,17,18,19). The van der Waals surface area contributed by atoms with Crippen LogP contribution in [0.4, 0.5) is 11.6 Å². The lowest BCUT2D eigenvalue weighted by atomic mass is 10.1. The summed E-state index contributed by atoms with van der Waals surface area (Å²) in [6, 6.07) is 9.53. The molecular formula is C15H12N4O. The number of hydrogen-bond donors (Lipinski definition) is 2. The van der Waals surface area contributed by atoms with Crippen molar-refractivity contribution in [2.45, 2.75) is 6.42 Å². The molecule has 0 unspecified atom stereocenters. The van der Waals surface area contributed by atoms with Crippen LogP contribution in [0.5, 0.6) is 0 Å². The highest BCUT2D eigenvalue weighted by Crippen LogP contribution is 2.42. The van der Waals surface area contributed by atoms with Crippen LogP contribution in [-0.4, -0.2) is 9.97 Å². The van der Waals surface area contributed by atoms with Crippen molar-refractivity contribution in [3.05, 3.63) is 47.7 Å². The van der Waals surface area contributed by atoms with Gasteiger partial charge in [-0.2, -0.15) is 0 Å². The fraction of sp³-hybridized carbons (Fsp3) is 0.0667. The summed E-state index contributed by atoms with van der Waals surface area (Å²) in [7, 11) is 0. The number of benzene rings is 1. The average Bonchev–Trinajstić information content (AvgIpc) is 3.06. The highest BCUT2D eigenvalue weighted by molar-refractivity contribution is 5.83. The fourth-order valence-electron chi connectivity index (χ4n) is 2.71. The van der Waals surface area contributed by atoms with Crippen molar-refractivity contribution in [3.63, 3.8) is 0 Å². The van der Waals surface area contributed by atoms with Crippen molar-refractivity contribution in [3.8, 4) is 22.7 Å². The minimum absolute atomic E-state index is 0.241. The molecule has 0 radical (unpaired) electrons. The van der Waals surface area contributed by atoms with Crippen LogP contribution < -0.4 is 11.5 Å². The van der Waals surface area contributed by atoms with E-state index in [0.29, 0.717) is 12.2 Å². The van der Waals surface area contributed by atoms with Crippen LogP contribution >= 0.6 is 0 Å². The minimum atomic E-state index is 0.241. The zero-order chi connectivity index (χ0) is 13.7. The maximum absolute atomic E-state index is 6.06. The van der Waals surface area contributed by atoms with E-state index in [1.165, 1.54) is 0 Å². The summed E-state index contributed by atoms with van der Waals surface area (Å²) in [5.41, 5.74) is 17.4. The second kappa shape index (κ2) is 3.84. The lowest BCUT2D eigenvalue weighted by molar-refractivity contribution is 0.579. The molecule has 1 aliphatic carbocycles. The highest BCUT2D eigenvalue weighted by atomic mass is 16.3. The number of nitrogens with zero attached hydrogens (tertiary/aromatic N) is 2. The quantitative estimate of drug-likeness (QED) is 0.515. The second-order valence-electron chi connectivity index (χ2n) is 4.79. The van der Waals surface area contributed by atoms with Crippen LogP contribution in [0, 0.1) is 0 Å². The first-order chi connectivity index (χ1) is 9.74. The summed E-state index contributed by atoms with van der Waals surface area (Å²) in [4.78, 5) is 8.71. The Balaban J connectivity index is 2.01. The number of hydrogen-bond acceptors (Lipinski definition) is 5. The molecule has 0 fully saturated rings. The van der Waals surface area contributed by atoms with Crippen LogP contribution in [0.3, 0.4) is 0 Å². The molecule has 5 heteroatoms. The molecule has 0 amide bonds.